The lowest BCUT2D eigenvalue weighted by Crippen LogP contribution is -2.01. The highest BCUT2D eigenvalue weighted by molar-refractivity contribution is 14.1. The summed E-state index contributed by atoms with van der Waals surface area (Å²) < 4.78 is 25.6. The third kappa shape index (κ3) is 1.85. The van der Waals surface area contributed by atoms with Crippen molar-refractivity contribution in [1.82, 2.24) is 4.98 Å². The van der Waals surface area contributed by atoms with Gasteiger partial charge in [0.25, 0.3) is 6.43 Å². The van der Waals surface area contributed by atoms with Gasteiger partial charge in [0.1, 0.15) is 5.69 Å². The minimum atomic E-state index is -2.62. The molecule has 12 heavy (non-hydrogen) atoms. The first-order chi connectivity index (χ1) is 5.54. The molecule has 0 aliphatic carbocycles. The summed E-state index contributed by atoms with van der Waals surface area (Å²) in [7, 11) is 0. The van der Waals surface area contributed by atoms with E-state index in [2.05, 4.69) is 20.9 Å². The number of hydrogen-bond acceptors (Lipinski definition) is 2. The lowest BCUT2D eigenvalue weighted by molar-refractivity contribution is 0.147. The number of nitrogens with two attached hydrogens (primary N) is 1. The van der Waals surface area contributed by atoms with Crippen LogP contribution in [0.4, 0.5) is 14.5 Å². The van der Waals surface area contributed by atoms with Gasteiger partial charge in [-0.1, -0.05) is 0 Å². The first-order valence-electron chi connectivity index (χ1n) is 2.91. The molecule has 1 aromatic rings. The fraction of sp³-hybridized carbons (Fsp3) is 0.167. The number of nitrogens with zero attached hydrogens (tertiary/aromatic N) is 1. The van der Waals surface area contributed by atoms with E-state index < -0.39 is 6.43 Å². The van der Waals surface area contributed by atoms with Gasteiger partial charge in [-0.15, -0.1) is 0 Å². The van der Waals surface area contributed by atoms with E-state index in [1.807, 2.05) is 22.6 Å². The Bertz CT molecular complexity index is 306. The van der Waals surface area contributed by atoms with Crippen LogP contribution in [-0.4, -0.2) is 4.98 Å². The fourth-order valence-corrected chi connectivity index (χ4v) is 1.40. The predicted octanol–water partition coefficient (Wildman–Crippen LogP) is 2.97. The van der Waals surface area contributed by atoms with E-state index in [0.29, 0.717) is 8.04 Å². The number of nitrogen functional groups attached to an aromatic ring is 1. The summed E-state index contributed by atoms with van der Waals surface area (Å²) in [5.41, 5.74) is 5.09. The quantitative estimate of drug-likeness (QED) is 0.792. The minimum Gasteiger partial charge on any atom is -0.396 e. The fourth-order valence-electron chi connectivity index (χ4n) is 0.667. The summed E-state index contributed by atoms with van der Waals surface area (Å²) in [5, 5.41) is 0. The lowest BCUT2D eigenvalue weighted by Gasteiger charge is -2.05. The van der Waals surface area contributed by atoms with E-state index in [1.165, 1.54) is 6.20 Å². The van der Waals surface area contributed by atoms with Gasteiger partial charge >= 0.3 is 0 Å². The van der Waals surface area contributed by atoms with Crippen LogP contribution >= 0.6 is 38.5 Å². The van der Waals surface area contributed by atoms with Crippen LogP contribution in [-0.2, 0) is 0 Å². The molecule has 0 aliphatic rings. The molecule has 0 fully saturated rings. The summed E-state index contributed by atoms with van der Waals surface area (Å²) >= 11 is 5.02. The monoisotopic (exact) mass is 348 g/mol. The number of rotatable bonds is 1. The molecular weight excluding hydrogens is 345 g/mol. The molecule has 0 saturated heterocycles. The standard InChI is InChI=1S/C6H4BrF2IN2/c7-2-1-12-5(6(8)9)4(11)3(2)10/h1,6H,11H2. The van der Waals surface area contributed by atoms with Crippen LogP contribution in [0.3, 0.4) is 0 Å². The molecule has 2 nitrogen and oxygen atoms in total. The maximum atomic E-state index is 12.2. The van der Waals surface area contributed by atoms with Crippen LogP contribution in [0, 0.1) is 3.57 Å². The van der Waals surface area contributed by atoms with Gasteiger partial charge in [-0.2, -0.15) is 0 Å². The number of pyridine rings is 1. The van der Waals surface area contributed by atoms with Crippen molar-refractivity contribution in [3.8, 4) is 0 Å². The van der Waals surface area contributed by atoms with E-state index >= 15 is 0 Å². The van der Waals surface area contributed by atoms with Crippen LogP contribution in [0.15, 0.2) is 10.7 Å². The van der Waals surface area contributed by atoms with Crippen molar-refractivity contribution < 1.29 is 8.78 Å². The second-order valence-electron chi connectivity index (χ2n) is 2.02. The lowest BCUT2D eigenvalue weighted by atomic mass is 10.3. The van der Waals surface area contributed by atoms with Crippen LogP contribution in [0.5, 0.6) is 0 Å². The van der Waals surface area contributed by atoms with Gasteiger partial charge in [0.05, 0.1) is 13.7 Å². The van der Waals surface area contributed by atoms with Gasteiger partial charge in [0.15, 0.2) is 0 Å². The van der Waals surface area contributed by atoms with E-state index in [4.69, 9.17) is 5.73 Å². The molecular formula is C6H4BrF2IN2. The molecule has 0 saturated carbocycles. The van der Waals surface area contributed by atoms with Crippen LogP contribution in [0.1, 0.15) is 12.1 Å². The van der Waals surface area contributed by atoms with E-state index in [-0.39, 0.29) is 11.4 Å². The maximum absolute atomic E-state index is 12.2. The summed E-state index contributed by atoms with van der Waals surface area (Å²) in [6.45, 7) is 0. The average Bonchev–Trinajstić information content (AvgIpc) is 2.00. The Morgan fingerprint density at radius 3 is 2.67 bits per heavy atom. The van der Waals surface area contributed by atoms with E-state index in [9.17, 15) is 8.78 Å². The van der Waals surface area contributed by atoms with Crippen molar-refractivity contribution in [3.05, 3.63) is 19.9 Å². The van der Waals surface area contributed by atoms with Gasteiger partial charge in [0, 0.05) is 6.20 Å². The van der Waals surface area contributed by atoms with Gasteiger partial charge in [-0.05, 0) is 38.5 Å². The topological polar surface area (TPSA) is 38.9 Å². The van der Waals surface area contributed by atoms with Crippen molar-refractivity contribution in [3.63, 3.8) is 0 Å². The number of halogens is 4. The first kappa shape index (κ1) is 10.1. The van der Waals surface area contributed by atoms with Crippen molar-refractivity contribution >= 4 is 44.2 Å². The van der Waals surface area contributed by atoms with Crippen LogP contribution in [0.25, 0.3) is 0 Å². The smallest absolute Gasteiger partial charge is 0.282 e. The Balaban J connectivity index is 3.27. The van der Waals surface area contributed by atoms with Gasteiger partial charge in [0.2, 0.25) is 0 Å². The Labute approximate surface area is 89.8 Å². The van der Waals surface area contributed by atoms with E-state index in [1.54, 1.807) is 0 Å². The SMILES string of the molecule is Nc1c(C(F)F)ncc(Br)c1I. The zero-order valence-corrected chi connectivity index (χ0v) is 9.43. The van der Waals surface area contributed by atoms with Crippen molar-refractivity contribution in [2.24, 2.45) is 0 Å². The molecule has 0 unspecified atom stereocenters. The Hall–Kier alpha value is 0.0200. The molecule has 0 spiro atoms. The first-order valence-corrected chi connectivity index (χ1v) is 4.78. The molecule has 66 valence electrons. The molecule has 1 aromatic heterocycles. The van der Waals surface area contributed by atoms with Gasteiger partial charge in [-0.3, -0.25) is 4.98 Å². The molecule has 1 heterocycles. The molecule has 1 rings (SSSR count). The second-order valence-corrected chi connectivity index (χ2v) is 3.95. The molecule has 0 amide bonds. The summed E-state index contributed by atoms with van der Waals surface area (Å²) in [6, 6.07) is 0. The number of hydrogen-bond donors (Lipinski definition) is 1. The summed E-state index contributed by atoms with van der Waals surface area (Å²) in [4.78, 5) is 3.51. The van der Waals surface area contributed by atoms with Crippen LogP contribution in [0.2, 0.25) is 0 Å². The Kier molecular flexibility index (Phi) is 3.22. The highest BCUT2D eigenvalue weighted by Gasteiger charge is 2.16. The summed E-state index contributed by atoms with van der Waals surface area (Å²) in [6.07, 6.45) is -1.30. The number of alkyl halides is 2. The van der Waals surface area contributed by atoms with Gasteiger partial charge in [-0.25, -0.2) is 8.78 Å². The van der Waals surface area contributed by atoms with Crippen molar-refractivity contribution in [2.75, 3.05) is 5.73 Å². The average molecular weight is 349 g/mol. The minimum absolute atomic E-state index is 0.0416. The van der Waals surface area contributed by atoms with E-state index in [0.717, 1.165) is 0 Å². The van der Waals surface area contributed by atoms with Crippen LogP contribution < -0.4 is 5.73 Å². The molecule has 2 N–H and O–H groups in total. The molecule has 0 radical (unpaired) electrons. The molecule has 0 aromatic carbocycles. The van der Waals surface area contributed by atoms with Crippen molar-refractivity contribution in [2.45, 2.75) is 6.43 Å². The van der Waals surface area contributed by atoms with Crippen molar-refractivity contribution in [1.29, 1.82) is 0 Å². The molecule has 6 heteroatoms. The normalized spacial score (nSPS) is 10.8. The highest BCUT2D eigenvalue weighted by atomic mass is 127. The third-order valence-corrected chi connectivity index (χ3v) is 3.75. The Morgan fingerprint density at radius 1 is 1.58 bits per heavy atom. The maximum Gasteiger partial charge on any atom is 0.282 e. The predicted molar refractivity (Wildman–Crippen MR) is 54.0 cm³/mol. The van der Waals surface area contributed by atoms with Gasteiger partial charge < -0.3 is 5.73 Å². The third-order valence-electron chi connectivity index (χ3n) is 1.25. The number of aromatic nitrogens is 1. The zero-order valence-electron chi connectivity index (χ0n) is 5.69. The number of anilines is 1. The summed E-state index contributed by atoms with van der Waals surface area (Å²) in [5.74, 6) is 0. The highest BCUT2D eigenvalue weighted by Crippen LogP contribution is 2.30. The largest absolute Gasteiger partial charge is 0.396 e. The molecule has 0 atom stereocenters. The zero-order chi connectivity index (χ0) is 9.30. The molecule has 0 aliphatic heterocycles. The Morgan fingerprint density at radius 2 is 2.17 bits per heavy atom. The second kappa shape index (κ2) is 3.82. The molecule has 0 bridgehead atoms.